The number of carbonyl (C=O) groups is 1. The first-order chi connectivity index (χ1) is 5.29. The fourth-order valence-corrected chi connectivity index (χ4v) is 1.13. The van der Waals surface area contributed by atoms with Crippen LogP contribution in [0.15, 0.2) is 12.2 Å². The van der Waals surface area contributed by atoms with Crippen molar-refractivity contribution in [2.45, 2.75) is 32.1 Å². The van der Waals surface area contributed by atoms with Crippen LogP contribution in [0, 0.1) is 5.92 Å². The molecular weight excluding hydrogens is 138 g/mol. The predicted molar refractivity (Wildman–Crippen MR) is 44.9 cm³/mol. The van der Waals surface area contributed by atoms with Crippen molar-refractivity contribution in [3.63, 3.8) is 0 Å². The normalized spacial score (nSPS) is 17.5. The second-order valence-corrected chi connectivity index (χ2v) is 3.18. The number of unbranched alkanes of at least 4 members (excludes halogenated alkanes) is 1. The van der Waals surface area contributed by atoms with Crippen LogP contribution in [0.25, 0.3) is 0 Å². The Labute approximate surface area is 67.5 Å². The van der Waals surface area contributed by atoms with E-state index in [1.165, 1.54) is 31.8 Å². The molecule has 0 spiro atoms. The minimum Gasteiger partial charge on any atom is -0.366 e. The number of nitrogens with two attached hydrogens (primary N) is 1. The van der Waals surface area contributed by atoms with Gasteiger partial charge in [-0.3, -0.25) is 4.79 Å². The molecule has 62 valence electrons. The topological polar surface area (TPSA) is 43.1 Å². The predicted octanol–water partition coefficient (Wildman–Crippen LogP) is 1.61. The SMILES string of the molecule is NC(=O)C=CCCCC1CC1. The molecule has 0 aliphatic heterocycles. The number of primary amides is 1. The minimum atomic E-state index is -0.337. The first-order valence-corrected chi connectivity index (χ1v) is 4.25. The Morgan fingerprint density at radius 3 is 2.82 bits per heavy atom. The molecule has 1 aliphatic carbocycles. The van der Waals surface area contributed by atoms with Crippen LogP contribution < -0.4 is 5.73 Å². The summed E-state index contributed by atoms with van der Waals surface area (Å²) in [5.41, 5.74) is 4.92. The zero-order valence-electron chi connectivity index (χ0n) is 6.75. The Morgan fingerprint density at radius 1 is 1.55 bits per heavy atom. The van der Waals surface area contributed by atoms with E-state index in [1.54, 1.807) is 0 Å². The van der Waals surface area contributed by atoms with Crippen molar-refractivity contribution in [1.82, 2.24) is 0 Å². The van der Waals surface area contributed by atoms with Gasteiger partial charge in [0.05, 0.1) is 0 Å². The van der Waals surface area contributed by atoms with E-state index in [9.17, 15) is 4.79 Å². The van der Waals surface area contributed by atoms with Crippen LogP contribution >= 0.6 is 0 Å². The van der Waals surface area contributed by atoms with Crippen molar-refractivity contribution >= 4 is 5.91 Å². The molecule has 0 heterocycles. The molecule has 11 heavy (non-hydrogen) atoms. The quantitative estimate of drug-likeness (QED) is 0.473. The van der Waals surface area contributed by atoms with Crippen LogP contribution in [-0.2, 0) is 4.79 Å². The van der Waals surface area contributed by atoms with Crippen molar-refractivity contribution in [3.05, 3.63) is 12.2 Å². The highest BCUT2D eigenvalue weighted by Gasteiger charge is 2.19. The van der Waals surface area contributed by atoms with E-state index in [4.69, 9.17) is 5.73 Å². The molecule has 0 saturated heterocycles. The highest BCUT2D eigenvalue weighted by molar-refractivity contribution is 5.85. The molecule has 2 nitrogen and oxygen atoms in total. The Kier molecular flexibility index (Phi) is 3.14. The maximum absolute atomic E-state index is 10.2. The molecule has 0 unspecified atom stereocenters. The van der Waals surface area contributed by atoms with Crippen LogP contribution in [0.5, 0.6) is 0 Å². The molecule has 0 aromatic rings. The maximum Gasteiger partial charge on any atom is 0.241 e. The summed E-state index contributed by atoms with van der Waals surface area (Å²) >= 11 is 0. The zero-order valence-corrected chi connectivity index (χ0v) is 6.75. The van der Waals surface area contributed by atoms with E-state index < -0.39 is 0 Å². The van der Waals surface area contributed by atoms with Gasteiger partial charge >= 0.3 is 0 Å². The van der Waals surface area contributed by atoms with Gasteiger partial charge < -0.3 is 5.73 Å². The Bertz CT molecular complexity index is 159. The molecule has 1 fully saturated rings. The zero-order chi connectivity index (χ0) is 8.10. The van der Waals surface area contributed by atoms with Gasteiger partial charge in [-0.15, -0.1) is 0 Å². The van der Waals surface area contributed by atoms with Gasteiger partial charge in [-0.05, 0) is 24.8 Å². The third-order valence-electron chi connectivity index (χ3n) is 1.96. The molecule has 1 saturated carbocycles. The molecule has 1 aliphatic rings. The Hall–Kier alpha value is -0.790. The Morgan fingerprint density at radius 2 is 2.27 bits per heavy atom. The van der Waals surface area contributed by atoms with Crippen molar-refractivity contribution in [3.8, 4) is 0 Å². The monoisotopic (exact) mass is 153 g/mol. The number of allylic oxidation sites excluding steroid dienone is 1. The first kappa shape index (κ1) is 8.31. The summed E-state index contributed by atoms with van der Waals surface area (Å²) in [5.74, 6) is 0.661. The number of carbonyl (C=O) groups excluding carboxylic acids is 1. The van der Waals surface area contributed by atoms with Crippen LogP contribution in [0.1, 0.15) is 32.1 Å². The van der Waals surface area contributed by atoms with Crippen molar-refractivity contribution in [2.75, 3.05) is 0 Å². The van der Waals surface area contributed by atoms with Gasteiger partial charge in [0.1, 0.15) is 0 Å². The summed E-state index contributed by atoms with van der Waals surface area (Å²) < 4.78 is 0. The van der Waals surface area contributed by atoms with Crippen LogP contribution in [0.4, 0.5) is 0 Å². The lowest BCUT2D eigenvalue weighted by Gasteiger charge is -1.91. The molecule has 0 aromatic carbocycles. The average Bonchev–Trinajstić information content (AvgIpc) is 2.70. The molecule has 0 atom stereocenters. The van der Waals surface area contributed by atoms with E-state index in [-0.39, 0.29) is 5.91 Å². The van der Waals surface area contributed by atoms with Gasteiger partial charge in [-0.1, -0.05) is 25.3 Å². The third-order valence-corrected chi connectivity index (χ3v) is 1.96. The smallest absolute Gasteiger partial charge is 0.241 e. The van der Waals surface area contributed by atoms with Crippen molar-refractivity contribution < 1.29 is 4.79 Å². The molecule has 1 rings (SSSR count). The van der Waals surface area contributed by atoms with Crippen LogP contribution in [0.3, 0.4) is 0 Å². The molecule has 1 amide bonds. The van der Waals surface area contributed by atoms with Gasteiger partial charge in [0.15, 0.2) is 0 Å². The third kappa shape index (κ3) is 4.59. The van der Waals surface area contributed by atoms with Gasteiger partial charge in [0, 0.05) is 0 Å². The van der Waals surface area contributed by atoms with Gasteiger partial charge in [0.25, 0.3) is 0 Å². The highest BCUT2D eigenvalue weighted by atomic mass is 16.1. The van der Waals surface area contributed by atoms with Crippen molar-refractivity contribution in [1.29, 1.82) is 0 Å². The lowest BCUT2D eigenvalue weighted by Crippen LogP contribution is -2.05. The van der Waals surface area contributed by atoms with E-state index in [0.29, 0.717) is 0 Å². The summed E-state index contributed by atoms with van der Waals surface area (Å²) in [6.45, 7) is 0. The maximum atomic E-state index is 10.2. The van der Waals surface area contributed by atoms with E-state index in [2.05, 4.69) is 0 Å². The fraction of sp³-hybridized carbons (Fsp3) is 0.667. The van der Waals surface area contributed by atoms with E-state index in [1.807, 2.05) is 6.08 Å². The molecule has 0 radical (unpaired) electrons. The lowest BCUT2D eigenvalue weighted by molar-refractivity contribution is -0.113. The number of hydrogen-bond acceptors (Lipinski definition) is 1. The standard InChI is InChI=1S/C9H15NO/c10-9(11)5-3-1-2-4-8-6-7-8/h3,5,8H,1-2,4,6-7H2,(H2,10,11). The van der Waals surface area contributed by atoms with Crippen LogP contribution in [-0.4, -0.2) is 5.91 Å². The Balaban J connectivity index is 1.90. The fourth-order valence-electron chi connectivity index (χ4n) is 1.13. The van der Waals surface area contributed by atoms with Gasteiger partial charge in [-0.25, -0.2) is 0 Å². The molecular formula is C9H15NO. The molecule has 0 bridgehead atoms. The molecule has 0 aromatic heterocycles. The summed E-state index contributed by atoms with van der Waals surface area (Å²) in [4.78, 5) is 10.2. The van der Waals surface area contributed by atoms with Gasteiger partial charge in [0.2, 0.25) is 5.91 Å². The lowest BCUT2D eigenvalue weighted by atomic mass is 10.2. The summed E-state index contributed by atoms with van der Waals surface area (Å²) in [6.07, 6.45) is 9.67. The number of hydrogen-bond donors (Lipinski definition) is 1. The highest BCUT2D eigenvalue weighted by Crippen LogP contribution is 2.33. The van der Waals surface area contributed by atoms with Gasteiger partial charge in [-0.2, -0.15) is 0 Å². The number of rotatable bonds is 5. The first-order valence-electron chi connectivity index (χ1n) is 4.25. The van der Waals surface area contributed by atoms with Crippen LogP contribution in [0.2, 0.25) is 0 Å². The summed E-state index contributed by atoms with van der Waals surface area (Å²) in [5, 5.41) is 0. The second-order valence-electron chi connectivity index (χ2n) is 3.18. The minimum absolute atomic E-state index is 0.337. The average molecular weight is 153 g/mol. The van der Waals surface area contributed by atoms with E-state index >= 15 is 0 Å². The second kappa shape index (κ2) is 4.16. The molecule has 2 heteroatoms. The summed E-state index contributed by atoms with van der Waals surface area (Å²) in [7, 11) is 0. The summed E-state index contributed by atoms with van der Waals surface area (Å²) in [6, 6.07) is 0. The van der Waals surface area contributed by atoms with Crippen molar-refractivity contribution in [2.24, 2.45) is 11.7 Å². The van der Waals surface area contributed by atoms with E-state index in [0.717, 1.165) is 12.3 Å². The number of amides is 1. The largest absolute Gasteiger partial charge is 0.366 e. The molecule has 2 N–H and O–H groups in total.